The molecule has 0 radical (unpaired) electrons. The van der Waals surface area contributed by atoms with E-state index in [9.17, 15) is 32.4 Å². The van der Waals surface area contributed by atoms with E-state index in [0.29, 0.717) is 40.9 Å². The number of nitrogens with one attached hydrogen (secondary N) is 2. The highest BCUT2D eigenvalue weighted by molar-refractivity contribution is 7.91. The van der Waals surface area contributed by atoms with E-state index in [1.165, 1.54) is 30.1 Å². The van der Waals surface area contributed by atoms with Crippen molar-refractivity contribution < 1.29 is 51.3 Å². The molecule has 3 fully saturated rings. The summed E-state index contributed by atoms with van der Waals surface area (Å²) < 4.78 is 51.1. The number of pyridine rings is 1. The molecule has 2 aliphatic carbocycles. The van der Waals surface area contributed by atoms with E-state index >= 15 is 0 Å². The van der Waals surface area contributed by atoms with Crippen molar-refractivity contribution in [2.75, 3.05) is 13.7 Å². The minimum Gasteiger partial charge on any atom is -0.497 e. The number of hydrogen-bond donors (Lipinski definition) is 2. The monoisotopic (exact) mass is 844 g/mol. The first-order valence-corrected chi connectivity index (χ1v) is 21.5. The zero-order chi connectivity index (χ0) is 43.6. The van der Waals surface area contributed by atoms with Gasteiger partial charge in [-0.2, -0.15) is 0 Å². The first kappa shape index (κ1) is 43.8. The zero-order valence-corrected chi connectivity index (χ0v) is 35.5. The Labute approximate surface area is 349 Å². The van der Waals surface area contributed by atoms with Crippen LogP contribution in [0.15, 0.2) is 79.4 Å². The second kappa shape index (κ2) is 17.4. The number of aromatic nitrogens is 1. The molecule has 2 aromatic carbocycles. The molecular formula is C44H52N4O11S. The third-order valence-electron chi connectivity index (χ3n) is 10.7. The number of benzene rings is 2. The topological polar surface area (TPSA) is 197 Å². The van der Waals surface area contributed by atoms with Crippen molar-refractivity contribution in [2.24, 2.45) is 11.8 Å². The minimum atomic E-state index is -3.96. The lowest BCUT2D eigenvalue weighted by atomic mass is 9.96. The molecule has 6 rings (SSSR count). The number of rotatable bonds is 16. The van der Waals surface area contributed by atoms with Crippen LogP contribution < -0.4 is 19.5 Å². The number of carbonyl (C=O) groups excluding carboxylic acids is 5. The Bertz CT molecular complexity index is 2300. The number of carbonyl (C=O) groups is 5. The van der Waals surface area contributed by atoms with Crippen molar-refractivity contribution in [1.29, 1.82) is 0 Å². The fourth-order valence-corrected chi connectivity index (χ4v) is 8.77. The van der Waals surface area contributed by atoms with E-state index in [4.69, 9.17) is 23.9 Å². The molecule has 16 heteroatoms. The van der Waals surface area contributed by atoms with Crippen molar-refractivity contribution >= 4 is 50.6 Å². The third-order valence-corrected chi connectivity index (χ3v) is 12.6. The molecular weight excluding hydrogens is 793 g/mol. The Kier molecular flexibility index (Phi) is 12.7. The largest absolute Gasteiger partial charge is 0.497 e. The average molecular weight is 845 g/mol. The van der Waals surface area contributed by atoms with Gasteiger partial charge < -0.3 is 29.2 Å². The van der Waals surface area contributed by atoms with Crippen LogP contribution in [0.2, 0.25) is 0 Å². The third kappa shape index (κ3) is 9.97. The molecule has 3 aromatic rings. The number of methoxy groups -OCH3 is 1. The van der Waals surface area contributed by atoms with Gasteiger partial charge >= 0.3 is 11.9 Å². The summed E-state index contributed by atoms with van der Waals surface area (Å²) in [6.07, 6.45) is 2.53. The Hall–Kier alpha value is -5.77. The molecule has 1 saturated heterocycles. The molecule has 320 valence electrons. The molecule has 3 aliphatic rings. The SMILES string of the molecule is C=C[C@@H]1C[C@]1(NC(=O)[C@@H]1C[C@@H](Oc2cc(-c3ccccc3)nc3cc(OC)ccc23)CN1C(=O)[C@@H](CC(=O)OC(C)(C)C)[C@@H](C)OC(=O)/C=C/C)C(=O)NS(=O)(=O)C1CC1. The number of esters is 2. The van der Waals surface area contributed by atoms with Gasteiger partial charge in [0.05, 0.1) is 42.5 Å². The molecule has 0 bridgehead atoms. The van der Waals surface area contributed by atoms with Crippen LogP contribution in [0.5, 0.6) is 11.5 Å². The first-order valence-electron chi connectivity index (χ1n) is 19.9. The van der Waals surface area contributed by atoms with Gasteiger partial charge in [0.25, 0.3) is 5.91 Å². The smallest absolute Gasteiger partial charge is 0.330 e. The molecule has 6 atom stereocenters. The quantitative estimate of drug-likeness (QED) is 0.114. The van der Waals surface area contributed by atoms with Crippen molar-refractivity contribution in [3.8, 4) is 22.8 Å². The highest BCUT2D eigenvalue weighted by atomic mass is 32.2. The maximum Gasteiger partial charge on any atom is 0.330 e. The van der Waals surface area contributed by atoms with Crippen LogP contribution in [-0.4, -0.2) is 96.3 Å². The predicted octanol–water partition coefficient (Wildman–Crippen LogP) is 4.78. The molecule has 15 nitrogen and oxygen atoms in total. The standard InChI is InChI=1S/C44H52N4O11S/c1-8-13-38(49)57-26(3)33(22-39(50)59-43(4,5)6)41(52)48-25-30(21-36(48)40(51)46-44(24-28(44)9-2)42(53)47-60(54,55)31-17-18-31)58-37-23-34(27-14-11-10-12-15-27)45-35-20-29(56-7)16-19-32(35)37/h8-16,19-20,23,26,28,30-31,33,36H,2,17-18,21-22,24-25H2,1,3-7H3,(H,46,51)(H,47,53)/b13-8+/t26-,28-,30-,33+,36+,44-/m1/s1. The molecule has 2 heterocycles. The second-order valence-electron chi connectivity index (χ2n) is 16.5. The van der Waals surface area contributed by atoms with Gasteiger partial charge in [-0.15, -0.1) is 6.58 Å². The van der Waals surface area contributed by atoms with Crippen LogP contribution in [0.3, 0.4) is 0 Å². The van der Waals surface area contributed by atoms with Crippen LogP contribution in [0.4, 0.5) is 0 Å². The molecule has 2 N–H and O–H groups in total. The van der Waals surface area contributed by atoms with Gasteiger partial charge in [0.2, 0.25) is 21.8 Å². The molecule has 0 unspecified atom stereocenters. The Balaban J connectivity index is 1.36. The van der Waals surface area contributed by atoms with Gasteiger partial charge in [0.15, 0.2) is 0 Å². The van der Waals surface area contributed by atoms with Crippen LogP contribution in [-0.2, 0) is 43.5 Å². The van der Waals surface area contributed by atoms with Gasteiger partial charge in [-0.3, -0.25) is 23.9 Å². The number of amides is 3. The molecule has 0 spiro atoms. The number of nitrogens with zero attached hydrogens (tertiary/aromatic N) is 2. The summed E-state index contributed by atoms with van der Waals surface area (Å²) in [5, 5.41) is 2.72. The number of ether oxygens (including phenoxy) is 4. The summed E-state index contributed by atoms with van der Waals surface area (Å²) in [5.74, 6) is -4.71. The molecule has 1 aliphatic heterocycles. The number of hydrogen-bond acceptors (Lipinski definition) is 12. The van der Waals surface area contributed by atoms with Crippen molar-refractivity contribution in [3.63, 3.8) is 0 Å². The van der Waals surface area contributed by atoms with Gasteiger partial charge in [0.1, 0.15) is 40.9 Å². The highest BCUT2D eigenvalue weighted by Crippen LogP contribution is 2.46. The van der Waals surface area contributed by atoms with Gasteiger partial charge in [0, 0.05) is 41.5 Å². The first-order chi connectivity index (χ1) is 28.4. The van der Waals surface area contributed by atoms with E-state index in [2.05, 4.69) is 16.6 Å². The van der Waals surface area contributed by atoms with E-state index in [1.807, 2.05) is 30.3 Å². The van der Waals surface area contributed by atoms with E-state index < -0.39 is 92.6 Å². The van der Waals surface area contributed by atoms with Crippen LogP contribution >= 0.6 is 0 Å². The summed E-state index contributed by atoms with van der Waals surface area (Å²) in [6.45, 7) is 11.8. The van der Waals surface area contributed by atoms with Gasteiger partial charge in [-0.1, -0.05) is 42.5 Å². The van der Waals surface area contributed by atoms with E-state index in [0.717, 1.165) is 5.56 Å². The van der Waals surface area contributed by atoms with Crippen LogP contribution in [0.1, 0.15) is 66.7 Å². The van der Waals surface area contributed by atoms with Crippen molar-refractivity contribution in [3.05, 3.63) is 79.4 Å². The fraction of sp³-hybridized carbons (Fsp3) is 0.455. The summed E-state index contributed by atoms with van der Waals surface area (Å²) in [7, 11) is -2.41. The number of allylic oxidation sites excluding steroid dienone is 1. The number of likely N-dealkylation sites (tertiary alicyclic amines) is 1. The van der Waals surface area contributed by atoms with E-state index in [1.54, 1.807) is 59.1 Å². The molecule has 60 heavy (non-hydrogen) atoms. The lowest BCUT2D eigenvalue weighted by Gasteiger charge is -2.31. The predicted molar refractivity (Wildman–Crippen MR) is 222 cm³/mol. The Morgan fingerprint density at radius 1 is 1.07 bits per heavy atom. The summed E-state index contributed by atoms with van der Waals surface area (Å²) in [5.41, 5.74) is -0.552. The summed E-state index contributed by atoms with van der Waals surface area (Å²) in [6, 6.07) is 15.3. The Morgan fingerprint density at radius 2 is 1.78 bits per heavy atom. The van der Waals surface area contributed by atoms with Crippen molar-refractivity contribution in [2.45, 2.75) is 101 Å². The highest BCUT2D eigenvalue weighted by Gasteiger charge is 2.62. The number of sulfonamides is 1. The van der Waals surface area contributed by atoms with Crippen molar-refractivity contribution in [1.82, 2.24) is 19.9 Å². The van der Waals surface area contributed by atoms with Crippen LogP contribution in [0, 0.1) is 11.8 Å². The average Bonchev–Trinajstić information content (AvgIpc) is 4.12. The maximum absolute atomic E-state index is 14.8. The lowest BCUT2D eigenvalue weighted by molar-refractivity contribution is -0.164. The Morgan fingerprint density at radius 3 is 2.40 bits per heavy atom. The zero-order valence-electron chi connectivity index (χ0n) is 34.6. The second-order valence-corrected chi connectivity index (χ2v) is 18.4. The number of fused-ring (bicyclic) bond motifs is 1. The molecule has 3 amide bonds. The van der Waals surface area contributed by atoms with E-state index in [-0.39, 0.29) is 19.4 Å². The molecule has 1 aromatic heterocycles. The fourth-order valence-electron chi connectivity index (χ4n) is 7.40. The normalized spacial score (nSPS) is 22.4. The lowest BCUT2D eigenvalue weighted by Crippen LogP contribution is -2.57. The van der Waals surface area contributed by atoms with Gasteiger partial charge in [-0.05, 0) is 66.0 Å². The van der Waals surface area contributed by atoms with Crippen LogP contribution in [0.25, 0.3) is 22.2 Å². The summed E-state index contributed by atoms with van der Waals surface area (Å²) in [4.78, 5) is 75.1. The van der Waals surface area contributed by atoms with Gasteiger partial charge in [-0.25, -0.2) is 18.2 Å². The maximum atomic E-state index is 14.8. The minimum absolute atomic E-state index is 0.0685. The molecule has 2 saturated carbocycles. The summed E-state index contributed by atoms with van der Waals surface area (Å²) >= 11 is 0.